The van der Waals surface area contributed by atoms with Crippen LogP contribution in [-0.4, -0.2) is 22.2 Å². The number of hydrogen-bond donors (Lipinski definition) is 2. The van der Waals surface area contributed by atoms with Crippen LogP contribution in [0.2, 0.25) is 0 Å². The van der Waals surface area contributed by atoms with Crippen molar-refractivity contribution in [1.82, 2.24) is 0 Å². The van der Waals surface area contributed by atoms with Crippen molar-refractivity contribution in [3.05, 3.63) is 35.4 Å². The van der Waals surface area contributed by atoms with E-state index in [1.54, 1.807) is 0 Å². The fourth-order valence-electron chi connectivity index (χ4n) is 1.68. The topological polar surface area (TPSA) is 40.5 Å². The zero-order valence-corrected chi connectivity index (χ0v) is 11.4. The minimum atomic E-state index is -0.865. The minimum Gasteiger partial charge on any atom is -0.390 e. The van der Waals surface area contributed by atoms with Gasteiger partial charge in [0.05, 0.1) is 6.10 Å². The number of benzene rings is 1. The molecular weight excluding hydrogens is 236 g/mol. The molecular formula is C14H21ClO2. The van der Waals surface area contributed by atoms with Gasteiger partial charge in [0.1, 0.15) is 6.10 Å². The predicted molar refractivity (Wildman–Crippen MR) is 71.4 cm³/mol. The molecule has 0 aliphatic rings. The smallest absolute Gasteiger partial charge is 0.105 e. The number of hydrogen-bond acceptors (Lipinski definition) is 2. The van der Waals surface area contributed by atoms with E-state index in [0.29, 0.717) is 12.3 Å². The van der Waals surface area contributed by atoms with Gasteiger partial charge in [0.2, 0.25) is 0 Å². The van der Waals surface area contributed by atoms with Crippen molar-refractivity contribution in [3.8, 4) is 0 Å². The first-order chi connectivity index (χ1) is 7.86. The van der Waals surface area contributed by atoms with Gasteiger partial charge in [-0.15, -0.1) is 11.6 Å². The van der Waals surface area contributed by atoms with Crippen LogP contribution in [0.15, 0.2) is 24.3 Å². The summed E-state index contributed by atoms with van der Waals surface area (Å²) in [4.78, 5) is 0. The van der Waals surface area contributed by atoms with Crippen LogP contribution in [-0.2, 0) is 5.41 Å². The van der Waals surface area contributed by atoms with Gasteiger partial charge in [0, 0.05) is 5.88 Å². The van der Waals surface area contributed by atoms with E-state index >= 15 is 0 Å². The van der Waals surface area contributed by atoms with Crippen molar-refractivity contribution in [2.24, 2.45) is 0 Å². The van der Waals surface area contributed by atoms with E-state index in [1.165, 1.54) is 0 Å². The molecule has 96 valence electrons. The summed E-state index contributed by atoms with van der Waals surface area (Å²) in [7, 11) is 0. The molecule has 17 heavy (non-hydrogen) atoms. The molecule has 2 atom stereocenters. The number of rotatable bonds is 4. The molecule has 0 fully saturated rings. The monoisotopic (exact) mass is 256 g/mol. The SMILES string of the molecule is CC(C)(C)c1cccc(C(O)C(O)CCCl)c1. The summed E-state index contributed by atoms with van der Waals surface area (Å²) in [5.74, 6) is 0.344. The third-order valence-electron chi connectivity index (χ3n) is 2.86. The lowest BCUT2D eigenvalue weighted by Gasteiger charge is -2.22. The van der Waals surface area contributed by atoms with Gasteiger partial charge in [-0.1, -0.05) is 45.0 Å². The van der Waals surface area contributed by atoms with Crippen LogP contribution in [0.4, 0.5) is 0 Å². The number of aliphatic hydroxyl groups is 2. The summed E-state index contributed by atoms with van der Waals surface area (Å²) in [6.07, 6.45) is -1.28. The van der Waals surface area contributed by atoms with Crippen LogP contribution in [0.1, 0.15) is 44.4 Å². The minimum absolute atomic E-state index is 0.0349. The Morgan fingerprint density at radius 2 is 1.88 bits per heavy atom. The molecule has 2 nitrogen and oxygen atoms in total. The van der Waals surface area contributed by atoms with Gasteiger partial charge in [-0.05, 0) is 23.0 Å². The summed E-state index contributed by atoms with van der Waals surface area (Å²) >= 11 is 5.56. The molecule has 0 saturated heterocycles. The molecule has 0 heterocycles. The van der Waals surface area contributed by atoms with Crippen LogP contribution in [0.5, 0.6) is 0 Å². The second-order valence-corrected chi connectivity index (χ2v) is 5.74. The van der Waals surface area contributed by atoms with Gasteiger partial charge in [0.15, 0.2) is 0 Å². The largest absolute Gasteiger partial charge is 0.390 e. The number of alkyl halides is 1. The Hall–Kier alpha value is -0.570. The Balaban J connectivity index is 2.92. The normalized spacial score (nSPS) is 15.6. The maximum atomic E-state index is 10.0. The van der Waals surface area contributed by atoms with Crippen molar-refractivity contribution in [2.75, 3.05) is 5.88 Å². The van der Waals surface area contributed by atoms with Crippen molar-refractivity contribution >= 4 is 11.6 Å². The molecule has 0 amide bonds. The highest BCUT2D eigenvalue weighted by molar-refractivity contribution is 6.17. The van der Waals surface area contributed by atoms with E-state index in [1.807, 2.05) is 24.3 Å². The quantitative estimate of drug-likeness (QED) is 0.813. The summed E-state index contributed by atoms with van der Waals surface area (Å²) in [6.45, 7) is 6.36. The second kappa shape index (κ2) is 5.85. The van der Waals surface area contributed by atoms with Crippen LogP contribution < -0.4 is 0 Å². The van der Waals surface area contributed by atoms with Crippen LogP contribution in [0, 0.1) is 0 Å². The molecule has 0 aliphatic carbocycles. The lowest BCUT2D eigenvalue weighted by atomic mass is 9.85. The van der Waals surface area contributed by atoms with E-state index in [4.69, 9.17) is 11.6 Å². The molecule has 1 aromatic rings. The first-order valence-corrected chi connectivity index (χ1v) is 6.42. The molecule has 2 unspecified atom stereocenters. The van der Waals surface area contributed by atoms with Crippen molar-refractivity contribution in [2.45, 2.75) is 44.8 Å². The van der Waals surface area contributed by atoms with E-state index in [0.717, 1.165) is 11.1 Å². The van der Waals surface area contributed by atoms with E-state index < -0.39 is 12.2 Å². The van der Waals surface area contributed by atoms with Crippen LogP contribution in [0.3, 0.4) is 0 Å². The van der Waals surface area contributed by atoms with Crippen LogP contribution in [0.25, 0.3) is 0 Å². The number of aliphatic hydroxyl groups excluding tert-OH is 2. The molecule has 1 rings (SSSR count). The predicted octanol–water partition coefficient (Wildman–Crippen LogP) is 3.01. The van der Waals surface area contributed by atoms with Gasteiger partial charge >= 0.3 is 0 Å². The zero-order valence-electron chi connectivity index (χ0n) is 10.7. The molecule has 0 saturated carbocycles. The Bertz CT molecular complexity index is 357. The molecule has 3 heteroatoms. The van der Waals surface area contributed by atoms with Gasteiger partial charge in [-0.2, -0.15) is 0 Å². The second-order valence-electron chi connectivity index (χ2n) is 5.37. The lowest BCUT2D eigenvalue weighted by Crippen LogP contribution is -2.19. The Labute approximate surface area is 108 Å². The summed E-state index contributed by atoms with van der Waals surface area (Å²) in [6, 6.07) is 7.72. The highest BCUT2D eigenvalue weighted by atomic mass is 35.5. The third-order valence-corrected chi connectivity index (χ3v) is 3.08. The summed E-state index contributed by atoms with van der Waals surface area (Å²) in [5, 5.41) is 19.7. The molecule has 0 spiro atoms. The Kier molecular flexibility index (Phi) is 4.99. The Morgan fingerprint density at radius 1 is 1.24 bits per heavy atom. The van der Waals surface area contributed by atoms with Gasteiger partial charge in [-0.3, -0.25) is 0 Å². The van der Waals surface area contributed by atoms with Crippen molar-refractivity contribution in [1.29, 1.82) is 0 Å². The molecule has 2 N–H and O–H groups in total. The summed E-state index contributed by atoms with van der Waals surface area (Å²) < 4.78 is 0. The third kappa shape index (κ3) is 3.98. The van der Waals surface area contributed by atoms with Crippen molar-refractivity contribution in [3.63, 3.8) is 0 Å². The highest BCUT2D eigenvalue weighted by Crippen LogP contribution is 2.26. The van der Waals surface area contributed by atoms with Crippen molar-refractivity contribution < 1.29 is 10.2 Å². The molecule has 1 aromatic carbocycles. The standard InChI is InChI=1S/C14H21ClO2/c1-14(2,3)11-6-4-5-10(9-11)13(17)12(16)7-8-15/h4-6,9,12-13,16-17H,7-8H2,1-3H3. The molecule has 0 aromatic heterocycles. The van der Waals surface area contributed by atoms with E-state index in [-0.39, 0.29) is 5.41 Å². The Morgan fingerprint density at radius 3 is 2.41 bits per heavy atom. The molecule has 0 aliphatic heterocycles. The van der Waals surface area contributed by atoms with E-state index in [2.05, 4.69) is 20.8 Å². The highest BCUT2D eigenvalue weighted by Gasteiger charge is 2.20. The van der Waals surface area contributed by atoms with Gasteiger partial charge in [0.25, 0.3) is 0 Å². The summed E-state index contributed by atoms with van der Waals surface area (Å²) in [5.41, 5.74) is 1.93. The molecule has 0 radical (unpaired) electrons. The maximum Gasteiger partial charge on any atom is 0.105 e. The average Bonchev–Trinajstić information content (AvgIpc) is 2.27. The van der Waals surface area contributed by atoms with Gasteiger partial charge in [-0.25, -0.2) is 0 Å². The fourth-order valence-corrected chi connectivity index (χ4v) is 1.90. The fraction of sp³-hybridized carbons (Fsp3) is 0.571. The first-order valence-electron chi connectivity index (χ1n) is 5.89. The number of halogens is 1. The molecule has 0 bridgehead atoms. The zero-order chi connectivity index (χ0) is 13.1. The van der Waals surface area contributed by atoms with Gasteiger partial charge < -0.3 is 10.2 Å². The van der Waals surface area contributed by atoms with E-state index in [9.17, 15) is 10.2 Å². The van der Waals surface area contributed by atoms with Crippen LogP contribution >= 0.6 is 11.6 Å². The maximum absolute atomic E-state index is 10.0. The lowest BCUT2D eigenvalue weighted by molar-refractivity contribution is 0.0169. The first kappa shape index (κ1) is 14.5. The average molecular weight is 257 g/mol.